The van der Waals surface area contributed by atoms with Crippen LogP contribution in [-0.2, 0) is 0 Å². The third-order valence-electron chi connectivity index (χ3n) is 2.18. The van der Waals surface area contributed by atoms with Crippen LogP contribution in [-0.4, -0.2) is 5.84 Å². The number of hydrazine groups is 2. The molecular formula is C9H12N4. The highest BCUT2D eigenvalue weighted by molar-refractivity contribution is 5.99. The molecule has 0 spiro atoms. The van der Waals surface area contributed by atoms with Crippen molar-refractivity contribution < 1.29 is 0 Å². The molecule has 1 aliphatic rings. The molecule has 1 aromatic carbocycles. The fraction of sp³-hybridized carbons (Fsp3) is 0.222. The molecule has 0 radical (unpaired) electrons. The highest BCUT2D eigenvalue weighted by Gasteiger charge is 2.07. The van der Waals surface area contributed by atoms with Crippen LogP contribution in [0.4, 0.5) is 0 Å². The molecule has 0 aromatic heterocycles. The van der Waals surface area contributed by atoms with E-state index >= 15 is 0 Å². The standard InChI is InChI=1S/C9H12N4/c1-6-3-4-8(5-7(6)2)9-10-12-13-11-9/h3-5,12-13H,1-2H3,(H,10,11). The van der Waals surface area contributed by atoms with Gasteiger partial charge in [0.05, 0.1) is 0 Å². The Morgan fingerprint density at radius 1 is 1.15 bits per heavy atom. The highest BCUT2D eigenvalue weighted by atomic mass is 15.8. The molecule has 0 saturated carbocycles. The van der Waals surface area contributed by atoms with Gasteiger partial charge in [-0.2, -0.15) is 0 Å². The van der Waals surface area contributed by atoms with Crippen molar-refractivity contribution in [2.24, 2.45) is 5.10 Å². The Morgan fingerprint density at radius 3 is 2.62 bits per heavy atom. The average Bonchev–Trinajstić information content (AvgIpc) is 2.62. The minimum Gasteiger partial charge on any atom is -0.285 e. The van der Waals surface area contributed by atoms with E-state index < -0.39 is 0 Å². The van der Waals surface area contributed by atoms with Crippen LogP contribution in [0.25, 0.3) is 0 Å². The zero-order valence-corrected chi connectivity index (χ0v) is 7.68. The van der Waals surface area contributed by atoms with E-state index in [0.29, 0.717) is 0 Å². The second-order valence-electron chi connectivity index (χ2n) is 3.12. The van der Waals surface area contributed by atoms with Crippen LogP contribution in [0.2, 0.25) is 0 Å². The number of nitrogens with zero attached hydrogens (tertiary/aromatic N) is 1. The van der Waals surface area contributed by atoms with Gasteiger partial charge in [0, 0.05) is 5.56 Å². The Hall–Kier alpha value is -1.55. The van der Waals surface area contributed by atoms with Crippen LogP contribution in [0.3, 0.4) is 0 Å². The second kappa shape index (κ2) is 3.06. The van der Waals surface area contributed by atoms with Crippen molar-refractivity contribution in [3.8, 4) is 0 Å². The minimum absolute atomic E-state index is 0.822. The van der Waals surface area contributed by atoms with Crippen molar-refractivity contribution in [3.05, 3.63) is 34.9 Å². The Kier molecular flexibility index (Phi) is 1.90. The number of rotatable bonds is 1. The maximum absolute atomic E-state index is 4.02. The van der Waals surface area contributed by atoms with E-state index in [1.54, 1.807) is 0 Å². The predicted octanol–water partition coefficient (Wildman–Crippen LogP) is 0.577. The smallest absolute Gasteiger partial charge is 0.170 e. The summed E-state index contributed by atoms with van der Waals surface area (Å²) in [6, 6.07) is 6.24. The molecule has 13 heavy (non-hydrogen) atoms. The monoisotopic (exact) mass is 176 g/mol. The van der Waals surface area contributed by atoms with E-state index in [1.165, 1.54) is 11.1 Å². The van der Waals surface area contributed by atoms with E-state index in [4.69, 9.17) is 0 Å². The summed E-state index contributed by atoms with van der Waals surface area (Å²) in [5.74, 6) is 0.822. The molecule has 0 unspecified atom stereocenters. The van der Waals surface area contributed by atoms with E-state index in [-0.39, 0.29) is 0 Å². The lowest BCUT2D eigenvalue weighted by atomic mass is 10.1. The van der Waals surface area contributed by atoms with Crippen LogP contribution in [0, 0.1) is 13.8 Å². The first-order chi connectivity index (χ1) is 6.27. The van der Waals surface area contributed by atoms with Crippen LogP contribution >= 0.6 is 0 Å². The van der Waals surface area contributed by atoms with Gasteiger partial charge in [0.25, 0.3) is 0 Å². The lowest BCUT2D eigenvalue weighted by Gasteiger charge is -2.03. The summed E-state index contributed by atoms with van der Waals surface area (Å²) in [7, 11) is 0. The molecule has 1 aromatic rings. The highest BCUT2D eigenvalue weighted by Crippen LogP contribution is 2.10. The summed E-state index contributed by atoms with van der Waals surface area (Å²) in [4.78, 5) is 0. The largest absolute Gasteiger partial charge is 0.285 e. The first kappa shape index (κ1) is 8.07. The maximum Gasteiger partial charge on any atom is 0.170 e. The lowest BCUT2D eigenvalue weighted by molar-refractivity contribution is 0.577. The molecule has 4 heteroatoms. The molecule has 4 nitrogen and oxygen atoms in total. The molecule has 2 rings (SSSR count). The van der Waals surface area contributed by atoms with Crippen LogP contribution in [0.15, 0.2) is 23.3 Å². The molecule has 0 bridgehead atoms. The Balaban J connectivity index is 2.36. The third kappa shape index (κ3) is 1.48. The van der Waals surface area contributed by atoms with Gasteiger partial charge in [0.1, 0.15) is 0 Å². The normalized spacial score (nSPS) is 14.8. The number of amidine groups is 1. The summed E-state index contributed by atoms with van der Waals surface area (Å²) in [6.45, 7) is 4.19. The van der Waals surface area contributed by atoms with Gasteiger partial charge in [0.15, 0.2) is 5.84 Å². The molecule has 0 fully saturated rings. The summed E-state index contributed by atoms with van der Waals surface area (Å²) in [5.41, 5.74) is 11.9. The number of hydrazone groups is 1. The van der Waals surface area contributed by atoms with Gasteiger partial charge in [-0.25, -0.2) is 5.53 Å². The zero-order valence-electron chi connectivity index (χ0n) is 7.68. The van der Waals surface area contributed by atoms with E-state index in [0.717, 1.165) is 11.4 Å². The fourth-order valence-electron chi connectivity index (χ4n) is 1.22. The molecule has 1 heterocycles. The predicted molar refractivity (Wildman–Crippen MR) is 51.9 cm³/mol. The molecule has 68 valence electrons. The Bertz CT molecular complexity index is 357. The summed E-state index contributed by atoms with van der Waals surface area (Å²) >= 11 is 0. The van der Waals surface area contributed by atoms with Gasteiger partial charge in [-0.15, -0.1) is 10.6 Å². The van der Waals surface area contributed by atoms with Gasteiger partial charge >= 0.3 is 0 Å². The van der Waals surface area contributed by atoms with Crippen molar-refractivity contribution in [3.63, 3.8) is 0 Å². The zero-order chi connectivity index (χ0) is 9.26. The number of aryl methyl sites for hydroxylation is 2. The lowest BCUT2D eigenvalue weighted by Crippen LogP contribution is -2.35. The summed E-state index contributed by atoms with van der Waals surface area (Å²) in [5, 5.41) is 4.02. The minimum atomic E-state index is 0.822. The molecular weight excluding hydrogens is 164 g/mol. The number of nitrogens with one attached hydrogen (secondary N) is 3. The first-order valence-electron chi connectivity index (χ1n) is 4.19. The molecule has 1 aliphatic heterocycles. The number of hydrogen-bond acceptors (Lipinski definition) is 4. The molecule has 3 N–H and O–H groups in total. The number of benzene rings is 1. The van der Waals surface area contributed by atoms with Crippen molar-refractivity contribution >= 4 is 5.84 Å². The second-order valence-corrected chi connectivity index (χ2v) is 3.12. The summed E-state index contributed by atoms with van der Waals surface area (Å²) < 4.78 is 0. The SMILES string of the molecule is Cc1ccc(C2=NNNN2)cc1C. The van der Waals surface area contributed by atoms with E-state index in [2.05, 4.69) is 47.6 Å². The van der Waals surface area contributed by atoms with Crippen LogP contribution in [0.5, 0.6) is 0 Å². The first-order valence-corrected chi connectivity index (χ1v) is 4.19. The van der Waals surface area contributed by atoms with Crippen LogP contribution < -0.4 is 16.5 Å². The Morgan fingerprint density at radius 2 is 2.00 bits per heavy atom. The topological polar surface area (TPSA) is 48.5 Å². The average molecular weight is 176 g/mol. The maximum atomic E-state index is 4.02. The van der Waals surface area contributed by atoms with Crippen molar-refractivity contribution in [1.82, 2.24) is 16.5 Å². The van der Waals surface area contributed by atoms with E-state index in [9.17, 15) is 0 Å². The van der Waals surface area contributed by atoms with Gasteiger partial charge in [-0.05, 0) is 31.0 Å². The summed E-state index contributed by atoms with van der Waals surface area (Å²) in [6.07, 6.45) is 0. The van der Waals surface area contributed by atoms with Crippen molar-refractivity contribution in [1.29, 1.82) is 0 Å². The van der Waals surface area contributed by atoms with Crippen LogP contribution in [0.1, 0.15) is 16.7 Å². The van der Waals surface area contributed by atoms with Gasteiger partial charge in [-0.3, -0.25) is 5.43 Å². The third-order valence-corrected chi connectivity index (χ3v) is 2.18. The van der Waals surface area contributed by atoms with Gasteiger partial charge < -0.3 is 0 Å². The fourth-order valence-corrected chi connectivity index (χ4v) is 1.22. The van der Waals surface area contributed by atoms with Gasteiger partial charge in [0.2, 0.25) is 0 Å². The molecule has 0 amide bonds. The van der Waals surface area contributed by atoms with Gasteiger partial charge in [-0.1, -0.05) is 12.1 Å². The quantitative estimate of drug-likeness (QED) is 0.586. The number of hydrogen-bond donors (Lipinski definition) is 3. The van der Waals surface area contributed by atoms with E-state index in [1.807, 2.05) is 6.07 Å². The molecule has 0 aliphatic carbocycles. The molecule has 0 saturated heterocycles. The van der Waals surface area contributed by atoms with Crippen molar-refractivity contribution in [2.45, 2.75) is 13.8 Å². The van der Waals surface area contributed by atoms with Crippen molar-refractivity contribution in [2.75, 3.05) is 0 Å². The molecule has 0 atom stereocenters. The Labute approximate surface area is 77.0 Å².